The molecule has 2 aliphatic heterocycles. The van der Waals surface area contributed by atoms with E-state index >= 15 is 0 Å². The lowest BCUT2D eigenvalue weighted by atomic mass is 9.85. The van der Waals surface area contributed by atoms with Crippen LogP contribution in [0.4, 0.5) is 0 Å². The van der Waals surface area contributed by atoms with E-state index in [0.717, 1.165) is 29.7 Å². The molecule has 2 aromatic heterocycles. The molecule has 0 N–H and O–H groups in total. The fourth-order valence-corrected chi connectivity index (χ4v) is 7.48. The summed E-state index contributed by atoms with van der Waals surface area (Å²) in [6.45, 7) is 6.76. The Bertz CT molecular complexity index is 1970. The maximum absolute atomic E-state index is 6.96. The van der Waals surface area contributed by atoms with Crippen molar-refractivity contribution in [3.63, 3.8) is 0 Å². The van der Waals surface area contributed by atoms with Crippen molar-refractivity contribution in [3.8, 4) is 23.3 Å². The first-order chi connectivity index (χ1) is 19.9. The number of nitrogens with zero attached hydrogens (tertiary/aromatic N) is 2. The minimum absolute atomic E-state index is 0.0150. The van der Waals surface area contributed by atoms with Crippen LogP contribution in [-0.4, -0.2) is 0 Å². The number of rotatable bonds is 1. The van der Waals surface area contributed by atoms with Crippen molar-refractivity contribution in [2.75, 3.05) is 0 Å². The molecule has 4 nitrogen and oxygen atoms in total. The number of hydrogen-bond donors (Lipinski definition) is 0. The molecule has 9 rings (SSSR count). The van der Waals surface area contributed by atoms with Crippen LogP contribution in [-0.2, 0) is 17.5 Å². The average molecular weight is 535 g/mol. The van der Waals surface area contributed by atoms with Gasteiger partial charge in [0.05, 0.1) is 12.1 Å². The van der Waals surface area contributed by atoms with Gasteiger partial charge in [0.1, 0.15) is 17.7 Å². The van der Waals surface area contributed by atoms with Gasteiger partial charge in [-0.25, -0.2) is 0 Å². The molecule has 0 radical (unpaired) electrons. The van der Waals surface area contributed by atoms with Crippen LogP contribution in [0.2, 0.25) is 0 Å². The average Bonchev–Trinajstić information content (AvgIpc) is 3.23. The number of fused-ring (bicyclic) bond motifs is 3. The first-order valence-electron chi connectivity index (χ1n) is 14.4. The Morgan fingerprint density at radius 3 is 2.41 bits per heavy atom. The number of hydrogen-bond acceptors (Lipinski definition) is 2. The molecule has 2 bridgehead atoms. The van der Waals surface area contributed by atoms with Crippen LogP contribution in [0.25, 0.3) is 5.57 Å². The zero-order chi connectivity index (χ0) is 27.5. The van der Waals surface area contributed by atoms with Gasteiger partial charge < -0.3 is 9.47 Å². The van der Waals surface area contributed by atoms with Crippen molar-refractivity contribution in [3.05, 3.63) is 148 Å². The molecular formula is C37H30N2O2+2. The third-order valence-corrected chi connectivity index (χ3v) is 9.37. The summed E-state index contributed by atoms with van der Waals surface area (Å²) in [6.07, 6.45) is 7.59. The van der Waals surface area contributed by atoms with E-state index in [1.54, 1.807) is 0 Å². The minimum Gasteiger partial charge on any atom is -0.405 e. The number of aromatic nitrogens is 2. The van der Waals surface area contributed by atoms with Gasteiger partial charge in [-0.15, -0.1) is 0 Å². The van der Waals surface area contributed by atoms with E-state index in [2.05, 4.69) is 133 Å². The van der Waals surface area contributed by atoms with Crippen molar-refractivity contribution >= 4 is 5.57 Å². The van der Waals surface area contributed by atoms with Gasteiger partial charge in [0, 0.05) is 29.2 Å². The van der Waals surface area contributed by atoms with Crippen molar-refractivity contribution in [2.45, 2.75) is 44.2 Å². The van der Waals surface area contributed by atoms with E-state index in [0.29, 0.717) is 0 Å². The zero-order valence-corrected chi connectivity index (χ0v) is 23.4. The van der Waals surface area contributed by atoms with Crippen LogP contribution in [0.3, 0.4) is 0 Å². The van der Waals surface area contributed by atoms with Gasteiger partial charge in [-0.1, -0.05) is 84.5 Å². The Kier molecular flexibility index (Phi) is 4.35. The fraction of sp³-hybridized carbons (Fsp3) is 0.189. The number of allylic oxidation sites excluding steroid dienone is 1. The molecule has 0 fully saturated rings. The highest BCUT2D eigenvalue weighted by molar-refractivity contribution is 5.92. The van der Waals surface area contributed by atoms with Crippen LogP contribution in [0, 0.1) is 0 Å². The predicted octanol–water partition coefficient (Wildman–Crippen LogP) is 7.15. The van der Waals surface area contributed by atoms with Crippen molar-refractivity contribution in [2.24, 2.45) is 0 Å². The predicted molar refractivity (Wildman–Crippen MR) is 157 cm³/mol. The van der Waals surface area contributed by atoms with Crippen molar-refractivity contribution in [1.82, 2.24) is 0 Å². The third-order valence-electron chi connectivity index (χ3n) is 9.37. The highest BCUT2D eigenvalue weighted by Gasteiger charge is 2.64. The van der Waals surface area contributed by atoms with E-state index in [9.17, 15) is 0 Å². The maximum Gasteiger partial charge on any atom is 0.402 e. The number of benzene rings is 3. The van der Waals surface area contributed by atoms with Gasteiger partial charge in [-0.05, 0) is 51.4 Å². The molecule has 3 aromatic carbocycles. The molecular weight excluding hydrogens is 504 g/mol. The first-order valence-corrected chi connectivity index (χ1v) is 14.4. The molecule has 41 heavy (non-hydrogen) atoms. The lowest BCUT2D eigenvalue weighted by Crippen LogP contribution is -2.76. The summed E-state index contributed by atoms with van der Waals surface area (Å²) in [4.78, 5) is 0. The van der Waals surface area contributed by atoms with Crippen LogP contribution < -0.4 is 18.6 Å². The summed E-state index contributed by atoms with van der Waals surface area (Å²) < 4.78 is 18.3. The molecule has 2 aliphatic carbocycles. The highest BCUT2D eigenvalue weighted by Crippen LogP contribution is 2.55. The summed E-state index contributed by atoms with van der Waals surface area (Å²) >= 11 is 0. The SMILES string of the molecule is CC(C)(C)c1cc[n+]2c(c1)Oc1ccc3c4c1C[C@@]21c2c(cccc2C4=CC3c2ccccc2)Oc2cccc[n+]21. The molecule has 0 amide bonds. The summed E-state index contributed by atoms with van der Waals surface area (Å²) in [7, 11) is 0. The molecule has 4 aliphatic rings. The minimum atomic E-state index is -0.611. The topological polar surface area (TPSA) is 26.2 Å². The summed E-state index contributed by atoms with van der Waals surface area (Å²) in [5.74, 6) is 3.67. The Balaban J connectivity index is 1.44. The van der Waals surface area contributed by atoms with Crippen LogP contribution >= 0.6 is 0 Å². The number of ether oxygens (including phenoxy) is 2. The van der Waals surface area contributed by atoms with E-state index in [1.807, 2.05) is 6.07 Å². The van der Waals surface area contributed by atoms with E-state index in [1.165, 1.54) is 44.5 Å². The molecule has 1 unspecified atom stereocenters. The van der Waals surface area contributed by atoms with Gasteiger partial charge >= 0.3 is 17.4 Å². The summed E-state index contributed by atoms with van der Waals surface area (Å²) in [5.41, 5.74) is 9.48. The highest BCUT2D eigenvalue weighted by atomic mass is 16.5. The normalized spacial score (nSPS) is 20.4. The molecule has 4 heterocycles. The van der Waals surface area contributed by atoms with Crippen LogP contribution in [0.1, 0.15) is 65.6 Å². The Hall–Kier alpha value is -4.70. The fourth-order valence-electron chi connectivity index (χ4n) is 7.48. The molecule has 4 heteroatoms. The van der Waals surface area contributed by atoms with Gasteiger partial charge in [0.15, 0.2) is 18.1 Å². The molecule has 5 aromatic rings. The maximum atomic E-state index is 6.96. The molecule has 1 spiro atoms. The Morgan fingerprint density at radius 1 is 0.756 bits per heavy atom. The van der Waals surface area contributed by atoms with Gasteiger partial charge in [-0.2, -0.15) is 0 Å². The third kappa shape index (κ3) is 2.94. The standard InChI is InChI=1S/C37H30N2O2/c1-36(2,3)24-17-19-39-33(20-24)40-30-16-15-25-27(23-10-5-4-6-11-23)21-28-26-12-9-13-31-35(26)37(39,22-29(30)34(25)28)38-18-8-7-14-32(38)41-31/h4-21,27H,22H2,1-3H3/q+2/t27?,37-/m0/s1. The smallest absolute Gasteiger partial charge is 0.402 e. The lowest BCUT2D eigenvalue weighted by molar-refractivity contribution is -0.985. The summed E-state index contributed by atoms with van der Waals surface area (Å²) in [5, 5.41) is 0. The van der Waals surface area contributed by atoms with E-state index in [-0.39, 0.29) is 11.3 Å². The molecule has 2 atom stereocenters. The molecule has 198 valence electrons. The summed E-state index contributed by atoms with van der Waals surface area (Å²) in [6, 6.07) is 32.6. The van der Waals surface area contributed by atoms with Gasteiger partial charge in [0.25, 0.3) is 0 Å². The first kappa shape index (κ1) is 23.0. The quantitative estimate of drug-likeness (QED) is 0.214. The molecule has 0 saturated heterocycles. The van der Waals surface area contributed by atoms with Crippen molar-refractivity contribution < 1.29 is 18.6 Å². The molecule has 0 saturated carbocycles. The Labute approximate surface area is 239 Å². The number of pyridine rings is 2. The van der Waals surface area contributed by atoms with E-state index in [4.69, 9.17) is 9.47 Å². The van der Waals surface area contributed by atoms with Crippen LogP contribution in [0.5, 0.6) is 23.3 Å². The van der Waals surface area contributed by atoms with Crippen molar-refractivity contribution in [1.29, 1.82) is 0 Å². The lowest BCUT2D eigenvalue weighted by Gasteiger charge is -2.30. The monoisotopic (exact) mass is 534 g/mol. The largest absolute Gasteiger partial charge is 0.405 e. The second-order valence-corrected chi connectivity index (χ2v) is 12.6. The Morgan fingerprint density at radius 2 is 1.56 bits per heavy atom. The van der Waals surface area contributed by atoms with E-state index < -0.39 is 5.66 Å². The van der Waals surface area contributed by atoms with Gasteiger partial charge in [-0.3, -0.25) is 0 Å². The van der Waals surface area contributed by atoms with Crippen LogP contribution in [0.15, 0.2) is 109 Å². The second kappa shape index (κ2) is 7.73. The zero-order valence-electron chi connectivity index (χ0n) is 23.4. The second-order valence-electron chi connectivity index (χ2n) is 12.6. The van der Waals surface area contributed by atoms with Gasteiger partial charge in [0.2, 0.25) is 0 Å².